The van der Waals surface area contributed by atoms with Crippen LogP contribution in [0.4, 0.5) is 0 Å². The lowest BCUT2D eigenvalue weighted by atomic mass is 10.1. The molecule has 1 rings (SSSR count). The van der Waals surface area contributed by atoms with Crippen molar-refractivity contribution in [2.24, 2.45) is 11.5 Å². The predicted octanol–water partition coefficient (Wildman–Crippen LogP) is -0.117. The molecule has 0 aliphatic heterocycles. The van der Waals surface area contributed by atoms with Crippen molar-refractivity contribution in [3.63, 3.8) is 0 Å². The van der Waals surface area contributed by atoms with Crippen molar-refractivity contribution in [2.75, 3.05) is 0 Å². The molecule has 0 amide bonds. The van der Waals surface area contributed by atoms with Gasteiger partial charge in [-0.3, -0.25) is 9.78 Å². The van der Waals surface area contributed by atoms with Gasteiger partial charge in [-0.05, 0) is 18.6 Å². The Labute approximate surface area is 81.7 Å². The number of hydrogen-bond donors (Lipinski definition) is 3. The Bertz CT molecular complexity index is 302. The number of rotatable bonds is 4. The van der Waals surface area contributed by atoms with E-state index >= 15 is 0 Å². The lowest BCUT2D eigenvalue weighted by molar-refractivity contribution is -0.138. The van der Waals surface area contributed by atoms with Crippen LogP contribution >= 0.6 is 0 Å². The second-order valence-corrected chi connectivity index (χ2v) is 3.04. The molecule has 1 aromatic rings. The van der Waals surface area contributed by atoms with Crippen molar-refractivity contribution in [2.45, 2.75) is 18.5 Å². The molecule has 1 aromatic heterocycles. The molecule has 0 aromatic carbocycles. The maximum atomic E-state index is 10.5. The first kappa shape index (κ1) is 10.6. The van der Waals surface area contributed by atoms with Gasteiger partial charge in [-0.15, -0.1) is 0 Å². The van der Waals surface area contributed by atoms with E-state index in [-0.39, 0.29) is 6.42 Å². The normalized spacial score (nSPS) is 14.7. The quantitative estimate of drug-likeness (QED) is 0.621. The van der Waals surface area contributed by atoms with Crippen molar-refractivity contribution in [3.8, 4) is 0 Å². The van der Waals surface area contributed by atoms with E-state index in [9.17, 15) is 4.79 Å². The molecule has 2 atom stereocenters. The van der Waals surface area contributed by atoms with Crippen LogP contribution in [-0.4, -0.2) is 22.1 Å². The largest absolute Gasteiger partial charge is 0.480 e. The number of hydrogen-bond acceptors (Lipinski definition) is 4. The average Bonchev–Trinajstić information content (AvgIpc) is 2.19. The number of aliphatic carboxylic acids is 1. The molecule has 76 valence electrons. The fraction of sp³-hybridized carbons (Fsp3) is 0.333. The maximum absolute atomic E-state index is 10.5. The maximum Gasteiger partial charge on any atom is 0.320 e. The summed E-state index contributed by atoms with van der Waals surface area (Å²) in [7, 11) is 0. The molecular formula is C9H13N3O2. The molecule has 5 N–H and O–H groups in total. The number of carboxylic acids is 1. The molecule has 0 aliphatic carbocycles. The molecule has 0 radical (unpaired) electrons. The first-order valence-electron chi connectivity index (χ1n) is 4.26. The number of pyridine rings is 1. The summed E-state index contributed by atoms with van der Waals surface area (Å²) in [5.74, 6) is -1.05. The van der Waals surface area contributed by atoms with Gasteiger partial charge in [0.05, 0.1) is 5.69 Å². The van der Waals surface area contributed by atoms with Gasteiger partial charge in [-0.25, -0.2) is 0 Å². The standard InChI is InChI=1S/C9H13N3O2/c10-6(5-7(11)9(13)14)8-3-1-2-4-12-8/h1-4,6-7H,5,10-11H2,(H,13,14). The summed E-state index contributed by atoms with van der Waals surface area (Å²) in [5.41, 5.74) is 11.7. The third-order valence-electron chi connectivity index (χ3n) is 1.89. The Morgan fingerprint density at radius 3 is 2.71 bits per heavy atom. The van der Waals surface area contributed by atoms with Crippen molar-refractivity contribution < 1.29 is 9.90 Å². The van der Waals surface area contributed by atoms with E-state index in [1.807, 2.05) is 0 Å². The van der Waals surface area contributed by atoms with E-state index in [0.29, 0.717) is 5.69 Å². The van der Waals surface area contributed by atoms with Gasteiger partial charge in [0.15, 0.2) is 0 Å². The minimum Gasteiger partial charge on any atom is -0.480 e. The van der Waals surface area contributed by atoms with Gasteiger partial charge in [0.25, 0.3) is 0 Å². The van der Waals surface area contributed by atoms with Gasteiger partial charge in [0.2, 0.25) is 0 Å². The van der Waals surface area contributed by atoms with Crippen LogP contribution in [0.2, 0.25) is 0 Å². The Morgan fingerprint density at radius 2 is 2.21 bits per heavy atom. The number of nitrogens with zero attached hydrogens (tertiary/aromatic N) is 1. The predicted molar refractivity (Wildman–Crippen MR) is 51.4 cm³/mol. The third kappa shape index (κ3) is 2.79. The Kier molecular flexibility index (Phi) is 3.55. The molecule has 0 saturated heterocycles. The van der Waals surface area contributed by atoms with Crippen LogP contribution in [0.15, 0.2) is 24.4 Å². The zero-order valence-electron chi connectivity index (χ0n) is 7.63. The van der Waals surface area contributed by atoms with Gasteiger partial charge < -0.3 is 16.6 Å². The number of carbonyl (C=O) groups is 1. The first-order valence-corrected chi connectivity index (χ1v) is 4.26. The highest BCUT2D eigenvalue weighted by atomic mass is 16.4. The SMILES string of the molecule is NC(CC(N)c1ccccn1)C(=O)O. The summed E-state index contributed by atoms with van der Waals surface area (Å²) >= 11 is 0. The summed E-state index contributed by atoms with van der Waals surface area (Å²) in [4.78, 5) is 14.5. The van der Waals surface area contributed by atoms with E-state index in [0.717, 1.165) is 0 Å². The van der Waals surface area contributed by atoms with Crippen LogP contribution in [0.25, 0.3) is 0 Å². The summed E-state index contributed by atoms with van der Waals surface area (Å²) in [6.45, 7) is 0. The molecule has 14 heavy (non-hydrogen) atoms. The van der Waals surface area contributed by atoms with Crippen LogP contribution in [0.1, 0.15) is 18.2 Å². The highest BCUT2D eigenvalue weighted by molar-refractivity contribution is 5.73. The minimum atomic E-state index is -1.05. The summed E-state index contributed by atoms with van der Waals surface area (Å²) in [6, 6.07) is 3.95. The Hall–Kier alpha value is -1.46. The monoisotopic (exact) mass is 195 g/mol. The van der Waals surface area contributed by atoms with Crippen LogP contribution in [0.5, 0.6) is 0 Å². The van der Waals surface area contributed by atoms with E-state index in [1.165, 1.54) is 0 Å². The summed E-state index contributed by atoms with van der Waals surface area (Å²) < 4.78 is 0. The highest BCUT2D eigenvalue weighted by Gasteiger charge is 2.17. The molecule has 0 fully saturated rings. The van der Waals surface area contributed by atoms with Gasteiger partial charge >= 0.3 is 5.97 Å². The lowest BCUT2D eigenvalue weighted by Gasteiger charge is -2.13. The zero-order chi connectivity index (χ0) is 10.6. The Balaban J connectivity index is 2.59. The van der Waals surface area contributed by atoms with Crippen molar-refractivity contribution in [1.82, 2.24) is 4.98 Å². The molecule has 0 saturated carbocycles. The fourth-order valence-electron chi connectivity index (χ4n) is 1.09. The third-order valence-corrected chi connectivity index (χ3v) is 1.89. The van der Waals surface area contributed by atoms with E-state index < -0.39 is 18.1 Å². The van der Waals surface area contributed by atoms with Gasteiger partial charge in [-0.2, -0.15) is 0 Å². The van der Waals surface area contributed by atoms with E-state index in [1.54, 1.807) is 24.4 Å². The van der Waals surface area contributed by atoms with Gasteiger partial charge in [0.1, 0.15) is 6.04 Å². The fourth-order valence-corrected chi connectivity index (χ4v) is 1.09. The zero-order valence-corrected chi connectivity index (χ0v) is 7.63. The molecule has 5 nitrogen and oxygen atoms in total. The van der Waals surface area contributed by atoms with Crippen molar-refractivity contribution in [3.05, 3.63) is 30.1 Å². The number of carboxylic acid groups (broad SMARTS) is 1. The van der Waals surface area contributed by atoms with E-state index in [4.69, 9.17) is 16.6 Å². The minimum absolute atomic E-state index is 0.187. The van der Waals surface area contributed by atoms with E-state index in [2.05, 4.69) is 4.98 Å². The van der Waals surface area contributed by atoms with Gasteiger partial charge in [-0.1, -0.05) is 6.07 Å². The topological polar surface area (TPSA) is 102 Å². The molecular weight excluding hydrogens is 182 g/mol. The molecule has 2 unspecified atom stereocenters. The van der Waals surface area contributed by atoms with Crippen LogP contribution in [0, 0.1) is 0 Å². The number of aromatic nitrogens is 1. The van der Waals surface area contributed by atoms with Crippen LogP contribution in [-0.2, 0) is 4.79 Å². The molecule has 5 heteroatoms. The first-order chi connectivity index (χ1) is 6.61. The molecule has 0 spiro atoms. The second kappa shape index (κ2) is 4.69. The second-order valence-electron chi connectivity index (χ2n) is 3.04. The van der Waals surface area contributed by atoms with Crippen molar-refractivity contribution >= 4 is 5.97 Å². The van der Waals surface area contributed by atoms with Gasteiger partial charge in [0, 0.05) is 12.2 Å². The van der Waals surface area contributed by atoms with Crippen LogP contribution < -0.4 is 11.5 Å². The number of nitrogens with two attached hydrogens (primary N) is 2. The molecule has 0 aliphatic rings. The Morgan fingerprint density at radius 1 is 1.50 bits per heavy atom. The highest BCUT2D eigenvalue weighted by Crippen LogP contribution is 2.11. The summed E-state index contributed by atoms with van der Waals surface area (Å²) in [5, 5.41) is 8.58. The summed E-state index contributed by atoms with van der Waals surface area (Å²) in [6.07, 6.45) is 1.80. The molecule has 0 bridgehead atoms. The molecule has 1 heterocycles. The lowest BCUT2D eigenvalue weighted by Crippen LogP contribution is -2.34. The van der Waals surface area contributed by atoms with Crippen molar-refractivity contribution in [1.29, 1.82) is 0 Å². The smallest absolute Gasteiger partial charge is 0.320 e. The average molecular weight is 195 g/mol. The van der Waals surface area contributed by atoms with Crippen LogP contribution in [0.3, 0.4) is 0 Å².